The van der Waals surface area contributed by atoms with E-state index in [-0.39, 0.29) is 0 Å². The number of aromatic nitrogens is 3. The van der Waals surface area contributed by atoms with E-state index in [2.05, 4.69) is 38.8 Å². The van der Waals surface area contributed by atoms with Gasteiger partial charge in [0.15, 0.2) is 0 Å². The Morgan fingerprint density at radius 2 is 1.89 bits per heavy atom. The fourth-order valence-electron chi connectivity index (χ4n) is 1.38. The molecule has 7 heteroatoms. The summed E-state index contributed by atoms with van der Waals surface area (Å²) in [6.45, 7) is 4.92. The average Bonchev–Trinajstić information content (AvgIpc) is 2.29. The predicted octanol–water partition coefficient (Wildman–Crippen LogP) is 1.53. The third-order valence-electron chi connectivity index (χ3n) is 2.15. The van der Waals surface area contributed by atoms with Crippen molar-refractivity contribution in [3.8, 4) is 0 Å². The highest BCUT2D eigenvalue weighted by atomic mass is 32.2. The molecular formula is C11H22N6S. The monoisotopic (exact) mass is 270 g/mol. The molecule has 0 spiro atoms. The quantitative estimate of drug-likeness (QED) is 0.779. The SMILES string of the molecule is CCNc1nc(NC(C)CSC)nc(N(C)C)n1. The zero-order valence-corrected chi connectivity index (χ0v) is 12.5. The standard InChI is InChI=1S/C11H22N6S/c1-6-12-9-14-10(13-8(2)7-18-5)16-11(15-9)17(3)4/h8H,6-7H2,1-5H3,(H2,12,13,14,15,16). The van der Waals surface area contributed by atoms with Gasteiger partial charge in [0, 0.05) is 32.4 Å². The summed E-state index contributed by atoms with van der Waals surface area (Å²) in [5.41, 5.74) is 0. The maximum absolute atomic E-state index is 4.38. The first kappa shape index (κ1) is 14.8. The molecule has 1 heterocycles. The third kappa shape index (κ3) is 4.56. The van der Waals surface area contributed by atoms with Gasteiger partial charge < -0.3 is 15.5 Å². The Bertz CT molecular complexity index is 371. The predicted molar refractivity (Wildman–Crippen MR) is 79.8 cm³/mol. The van der Waals surface area contributed by atoms with Crippen molar-refractivity contribution in [3.63, 3.8) is 0 Å². The summed E-state index contributed by atoms with van der Waals surface area (Å²) in [4.78, 5) is 14.9. The number of nitrogens with one attached hydrogen (secondary N) is 2. The van der Waals surface area contributed by atoms with E-state index in [9.17, 15) is 0 Å². The van der Waals surface area contributed by atoms with E-state index >= 15 is 0 Å². The fourth-order valence-corrected chi connectivity index (χ4v) is 1.96. The number of nitrogens with zero attached hydrogens (tertiary/aromatic N) is 4. The van der Waals surface area contributed by atoms with E-state index in [1.54, 1.807) is 11.8 Å². The van der Waals surface area contributed by atoms with Crippen LogP contribution < -0.4 is 15.5 Å². The molecule has 0 aliphatic carbocycles. The van der Waals surface area contributed by atoms with E-state index in [1.807, 2.05) is 25.9 Å². The first-order chi connectivity index (χ1) is 8.56. The smallest absolute Gasteiger partial charge is 0.231 e. The molecule has 0 aliphatic heterocycles. The van der Waals surface area contributed by atoms with Crippen molar-refractivity contribution in [2.24, 2.45) is 0 Å². The molecule has 0 bridgehead atoms. The molecule has 102 valence electrons. The Balaban J connectivity index is 2.88. The van der Waals surface area contributed by atoms with Crippen molar-refractivity contribution < 1.29 is 0 Å². The summed E-state index contributed by atoms with van der Waals surface area (Å²) in [7, 11) is 3.83. The molecule has 0 saturated heterocycles. The van der Waals surface area contributed by atoms with Crippen molar-refractivity contribution in [2.45, 2.75) is 19.9 Å². The average molecular weight is 270 g/mol. The molecule has 1 aromatic rings. The maximum atomic E-state index is 4.38. The van der Waals surface area contributed by atoms with Gasteiger partial charge in [0.1, 0.15) is 0 Å². The van der Waals surface area contributed by atoms with Crippen LogP contribution in [-0.4, -0.2) is 53.6 Å². The lowest BCUT2D eigenvalue weighted by molar-refractivity contribution is 0.868. The van der Waals surface area contributed by atoms with Crippen molar-refractivity contribution in [3.05, 3.63) is 0 Å². The number of anilines is 3. The van der Waals surface area contributed by atoms with Gasteiger partial charge in [-0.3, -0.25) is 0 Å². The van der Waals surface area contributed by atoms with E-state index in [0.29, 0.717) is 23.9 Å². The highest BCUT2D eigenvalue weighted by molar-refractivity contribution is 7.98. The molecule has 1 unspecified atom stereocenters. The van der Waals surface area contributed by atoms with Gasteiger partial charge in [0.05, 0.1) is 0 Å². The lowest BCUT2D eigenvalue weighted by Gasteiger charge is -2.16. The highest BCUT2D eigenvalue weighted by Crippen LogP contribution is 2.12. The highest BCUT2D eigenvalue weighted by Gasteiger charge is 2.09. The van der Waals surface area contributed by atoms with Crippen LogP contribution in [0, 0.1) is 0 Å². The molecule has 1 aromatic heterocycles. The minimum atomic E-state index is 0.326. The number of hydrogen-bond donors (Lipinski definition) is 2. The zero-order valence-electron chi connectivity index (χ0n) is 11.7. The lowest BCUT2D eigenvalue weighted by Crippen LogP contribution is -2.22. The molecule has 0 saturated carbocycles. The van der Waals surface area contributed by atoms with Gasteiger partial charge in [-0.05, 0) is 20.1 Å². The largest absolute Gasteiger partial charge is 0.354 e. The Kier molecular flexibility index (Phi) is 5.97. The molecular weight excluding hydrogens is 248 g/mol. The van der Waals surface area contributed by atoms with Gasteiger partial charge in [0.2, 0.25) is 17.8 Å². The van der Waals surface area contributed by atoms with Crippen molar-refractivity contribution in [2.75, 3.05) is 48.2 Å². The van der Waals surface area contributed by atoms with Crippen molar-refractivity contribution in [1.82, 2.24) is 15.0 Å². The van der Waals surface area contributed by atoms with Crippen LogP contribution in [0.2, 0.25) is 0 Å². The molecule has 0 fully saturated rings. The molecule has 1 atom stereocenters. The molecule has 0 amide bonds. The van der Waals surface area contributed by atoms with Gasteiger partial charge in [-0.25, -0.2) is 0 Å². The third-order valence-corrected chi connectivity index (χ3v) is 2.98. The molecule has 1 rings (SSSR count). The Morgan fingerprint density at radius 3 is 2.44 bits per heavy atom. The molecule has 6 nitrogen and oxygen atoms in total. The van der Waals surface area contributed by atoms with Crippen LogP contribution >= 0.6 is 11.8 Å². The Morgan fingerprint density at radius 1 is 1.22 bits per heavy atom. The maximum Gasteiger partial charge on any atom is 0.231 e. The van der Waals surface area contributed by atoms with E-state index in [0.717, 1.165) is 12.3 Å². The van der Waals surface area contributed by atoms with Crippen LogP contribution in [0.3, 0.4) is 0 Å². The van der Waals surface area contributed by atoms with Crippen molar-refractivity contribution >= 4 is 29.6 Å². The summed E-state index contributed by atoms with van der Waals surface area (Å²) in [6.07, 6.45) is 2.08. The second kappa shape index (κ2) is 7.25. The summed E-state index contributed by atoms with van der Waals surface area (Å²) in [6, 6.07) is 0.326. The summed E-state index contributed by atoms with van der Waals surface area (Å²) in [5, 5.41) is 6.40. The van der Waals surface area contributed by atoms with Crippen LogP contribution in [0.4, 0.5) is 17.8 Å². The molecule has 0 aromatic carbocycles. The Hall–Kier alpha value is -1.24. The van der Waals surface area contributed by atoms with Crippen LogP contribution in [-0.2, 0) is 0 Å². The lowest BCUT2D eigenvalue weighted by atomic mass is 10.4. The minimum Gasteiger partial charge on any atom is -0.354 e. The van der Waals surface area contributed by atoms with Crippen LogP contribution in [0.15, 0.2) is 0 Å². The van der Waals surface area contributed by atoms with E-state index in [1.165, 1.54) is 0 Å². The van der Waals surface area contributed by atoms with Crippen LogP contribution in [0.1, 0.15) is 13.8 Å². The Labute approximate surface area is 113 Å². The summed E-state index contributed by atoms with van der Waals surface area (Å²) < 4.78 is 0. The normalized spacial score (nSPS) is 12.1. The first-order valence-corrected chi connectivity index (χ1v) is 7.39. The van der Waals surface area contributed by atoms with Crippen LogP contribution in [0.5, 0.6) is 0 Å². The molecule has 18 heavy (non-hydrogen) atoms. The fraction of sp³-hybridized carbons (Fsp3) is 0.727. The van der Waals surface area contributed by atoms with E-state index < -0.39 is 0 Å². The number of hydrogen-bond acceptors (Lipinski definition) is 7. The topological polar surface area (TPSA) is 66.0 Å². The van der Waals surface area contributed by atoms with Gasteiger partial charge >= 0.3 is 0 Å². The van der Waals surface area contributed by atoms with Gasteiger partial charge in [0.25, 0.3) is 0 Å². The van der Waals surface area contributed by atoms with Gasteiger partial charge in [-0.1, -0.05) is 0 Å². The van der Waals surface area contributed by atoms with Gasteiger partial charge in [-0.2, -0.15) is 26.7 Å². The second-order valence-electron chi connectivity index (χ2n) is 4.21. The van der Waals surface area contributed by atoms with Crippen LogP contribution in [0.25, 0.3) is 0 Å². The molecule has 0 aliphatic rings. The summed E-state index contributed by atoms with van der Waals surface area (Å²) >= 11 is 1.79. The minimum absolute atomic E-state index is 0.326. The van der Waals surface area contributed by atoms with E-state index in [4.69, 9.17) is 0 Å². The second-order valence-corrected chi connectivity index (χ2v) is 5.12. The van der Waals surface area contributed by atoms with Gasteiger partial charge in [-0.15, -0.1) is 0 Å². The van der Waals surface area contributed by atoms with Crippen molar-refractivity contribution in [1.29, 1.82) is 0 Å². The molecule has 0 radical (unpaired) electrons. The zero-order chi connectivity index (χ0) is 13.5. The number of thioether (sulfide) groups is 1. The summed E-state index contributed by atoms with van der Waals surface area (Å²) in [5.74, 6) is 2.89. The first-order valence-electron chi connectivity index (χ1n) is 5.99. The number of rotatable bonds is 7. The molecule has 2 N–H and O–H groups in total.